The molecule has 1 aliphatic heterocycles. The fourth-order valence-electron chi connectivity index (χ4n) is 2.40. The topological polar surface area (TPSA) is 69.6 Å². The van der Waals surface area contributed by atoms with Crippen LogP contribution in [0.3, 0.4) is 0 Å². The highest BCUT2D eigenvalue weighted by atomic mass is 16.4. The summed E-state index contributed by atoms with van der Waals surface area (Å²) in [6.45, 7) is 4.74. The highest BCUT2D eigenvalue weighted by Crippen LogP contribution is 2.38. The molecule has 2 N–H and O–H groups in total. The SMILES string of the molecule is CC1(C)C(=O)NCCN1C(C(=O)O)C1CC1. The van der Waals surface area contributed by atoms with Crippen molar-refractivity contribution in [2.45, 2.75) is 38.3 Å². The summed E-state index contributed by atoms with van der Waals surface area (Å²) in [6, 6.07) is -0.499. The molecule has 0 aromatic rings. The quantitative estimate of drug-likeness (QED) is 0.714. The summed E-state index contributed by atoms with van der Waals surface area (Å²) in [5.41, 5.74) is -0.718. The Labute approximate surface area is 94.8 Å². The zero-order valence-corrected chi connectivity index (χ0v) is 9.69. The Morgan fingerprint density at radius 3 is 2.69 bits per heavy atom. The standard InChI is InChI=1S/C11H18N2O3/c1-11(2)10(16)12-5-6-13(11)8(9(14)15)7-3-4-7/h7-8H,3-6H2,1-2H3,(H,12,16)(H,14,15). The van der Waals surface area contributed by atoms with Crippen LogP contribution in [0.1, 0.15) is 26.7 Å². The lowest BCUT2D eigenvalue weighted by Gasteiger charge is -2.44. The maximum absolute atomic E-state index is 11.8. The van der Waals surface area contributed by atoms with Crippen LogP contribution in [0, 0.1) is 5.92 Å². The van der Waals surface area contributed by atoms with E-state index in [9.17, 15) is 14.7 Å². The molecule has 2 fully saturated rings. The van der Waals surface area contributed by atoms with Gasteiger partial charge >= 0.3 is 5.97 Å². The molecule has 1 heterocycles. The number of nitrogens with zero attached hydrogens (tertiary/aromatic N) is 1. The molecule has 0 aromatic heterocycles. The van der Waals surface area contributed by atoms with Crippen molar-refractivity contribution in [2.24, 2.45) is 5.92 Å². The van der Waals surface area contributed by atoms with Crippen molar-refractivity contribution in [3.8, 4) is 0 Å². The second-order valence-corrected chi connectivity index (χ2v) is 5.13. The Hall–Kier alpha value is -1.10. The van der Waals surface area contributed by atoms with Crippen LogP contribution in [0.15, 0.2) is 0 Å². The molecule has 0 spiro atoms. The van der Waals surface area contributed by atoms with E-state index < -0.39 is 17.6 Å². The second-order valence-electron chi connectivity index (χ2n) is 5.13. The number of aliphatic carboxylic acids is 1. The zero-order chi connectivity index (χ0) is 11.9. The molecule has 0 aromatic carbocycles. The first-order valence-electron chi connectivity index (χ1n) is 5.72. The van der Waals surface area contributed by atoms with Gasteiger partial charge in [-0.15, -0.1) is 0 Å². The van der Waals surface area contributed by atoms with E-state index in [4.69, 9.17) is 0 Å². The summed E-state index contributed by atoms with van der Waals surface area (Å²) in [5.74, 6) is -0.654. The highest BCUT2D eigenvalue weighted by molar-refractivity contribution is 5.87. The lowest BCUT2D eigenvalue weighted by Crippen LogP contribution is -2.66. The van der Waals surface area contributed by atoms with Crippen LogP contribution in [0.4, 0.5) is 0 Å². The van der Waals surface area contributed by atoms with Crippen molar-refractivity contribution in [2.75, 3.05) is 13.1 Å². The summed E-state index contributed by atoms with van der Waals surface area (Å²) in [6.07, 6.45) is 1.93. The van der Waals surface area contributed by atoms with Gasteiger partial charge in [-0.05, 0) is 32.6 Å². The molecular weight excluding hydrogens is 208 g/mol. The van der Waals surface area contributed by atoms with Gasteiger partial charge in [0, 0.05) is 13.1 Å². The molecule has 16 heavy (non-hydrogen) atoms. The van der Waals surface area contributed by atoms with Crippen LogP contribution >= 0.6 is 0 Å². The minimum atomic E-state index is -0.801. The molecular formula is C11H18N2O3. The van der Waals surface area contributed by atoms with Crippen molar-refractivity contribution in [3.05, 3.63) is 0 Å². The molecule has 1 aliphatic carbocycles. The predicted octanol–water partition coefficient (Wildman–Crippen LogP) is 0.0600. The maximum atomic E-state index is 11.8. The number of hydrogen-bond donors (Lipinski definition) is 2. The zero-order valence-electron chi connectivity index (χ0n) is 9.69. The third-order valence-corrected chi connectivity index (χ3v) is 3.57. The Balaban J connectivity index is 2.22. The van der Waals surface area contributed by atoms with Gasteiger partial charge in [0.05, 0.1) is 5.54 Å². The highest BCUT2D eigenvalue weighted by Gasteiger charge is 2.49. The van der Waals surface area contributed by atoms with Crippen molar-refractivity contribution >= 4 is 11.9 Å². The lowest BCUT2D eigenvalue weighted by molar-refractivity contribution is -0.152. The Bertz CT molecular complexity index is 323. The first kappa shape index (κ1) is 11.4. The third-order valence-electron chi connectivity index (χ3n) is 3.57. The Morgan fingerprint density at radius 2 is 2.19 bits per heavy atom. The van der Waals surface area contributed by atoms with Gasteiger partial charge in [0.2, 0.25) is 5.91 Å². The smallest absolute Gasteiger partial charge is 0.321 e. The molecule has 1 saturated heterocycles. The summed E-state index contributed by atoms with van der Waals surface area (Å²) >= 11 is 0. The van der Waals surface area contributed by atoms with Crippen LogP contribution in [-0.4, -0.2) is 46.6 Å². The number of carboxylic acid groups (broad SMARTS) is 1. The van der Waals surface area contributed by atoms with Crippen molar-refractivity contribution in [3.63, 3.8) is 0 Å². The first-order chi connectivity index (χ1) is 7.44. The lowest BCUT2D eigenvalue weighted by atomic mass is 9.94. The molecule has 1 amide bonds. The average Bonchev–Trinajstić information content (AvgIpc) is 2.97. The molecule has 5 heteroatoms. The Kier molecular flexibility index (Phi) is 2.66. The Morgan fingerprint density at radius 1 is 1.56 bits per heavy atom. The number of piperazine rings is 1. The fourth-order valence-corrected chi connectivity index (χ4v) is 2.40. The minimum absolute atomic E-state index is 0.0781. The fraction of sp³-hybridized carbons (Fsp3) is 0.818. The number of amides is 1. The van der Waals surface area contributed by atoms with Gasteiger partial charge in [0.1, 0.15) is 6.04 Å². The molecule has 2 aliphatic rings. The van der Waals surface area contributed by atoms with E-state index in [2.05, 4.69) is 5.32 Å². The van der Waals surface area contributed by atoms with Crippen molar-refractivity contribution < 1.29 is 14.7 Å². The first-order valence-corrected chi connectivity index (χ1v) is 5.72. The van der Waals surface area contributed by atoms with E-state index in [1.165, 1.54) is 0 Å². The predicted molar refractivity (Wildman–Crippen MR) is 57.9 cm³/mol. The number of carbonyl (C=O) groups excluding carboxylic acids is 1. The van der Waals surface area contributed by atoms with Gasteiger partial charge < -0.3 is 10.4 Å². The van der Waals surface area contributed by atoms with Gasteiger partial charge in [0.15, 0.2) is 0 Å². The van der Waals surface area contributed by atoms with Crippen LogP contribution < -0.4 is 5.32 Å². The van der Waals surface area contributed by atoms with E-state index in [0.29, 0.717) is 13.1 Å². The molecule has 1 unspecified atom stereocenters. The summed E-state index contributed by atoms with van der Waals surface area (Å²) < 4.78 is 0. The molecule has 0 radical (unpaired) electrons. The summed E-state index contributed by atoms with van der Waals surface area (Å²) in [4.78, 5) is 24.9. The second kappa shape index (κ2) is 3.73. The van der Waals surface area contributed by atoms with Crippen molar-refractivity contribution in [1.29, 1.82) is 0 Å². The van der Waals surface area contributed by atoms with E-state index in [0.717, 1.165) is 12.8 Å². The van der Waals surface area contributed by atoms with Gasteiger partial charge in [-0.25, -0.2) is 0 Å². The number of carboxylic acids is 1. The number of rotatable bonds is 3. The van der Waals surface area contributed by atoms with E-state index in [1.54, 1.807) is 13.8 Å². The van der Waals surface area contributed by atoms with Gasteiger partial charge in [0.25, 0.3) is 0 Å². The number of carbonyl (C=O) groups is 2. The third kappa shape index (κ3) is 1.80. The van der Waals surface area contributed by atoms with E-state index in [-0.39, 0.29) is 11.8 Å². The summed E-state index contributed by atoms with van der Waals surface area (Å²) in [7, 11) is 0. The van der Waals surface area contributed by atoms with Crippen LogP contribution in [0.25, 0.3) is 0 Å². The van der Waals surface area contributed by atoms with Gasteiger partial charge in [-0.3, -0.25) is 14.5 Å². The van der Waals surface area contributed by atoms with Crippen LogP contribution in [0.2, 0.25) is 0 Å². The number of hydrogen-bond acceptors (Lipinski definition) is 3. The minimum Gasteiger partial charge on any atom is -0.480 e. The molecule has 90 valence electrons. The molecule has 0 bridgehead atoms. The molecule has 1 saturated carbocycles. The van der Waals surface area contributed by atoms with Crippen LogP contribution in [0.5, 0.6) is 0 Å². The van der Waals surface area contributed by atoms with Gasteiger partial charge in [-0.1, -0.05) is 0 Å². The largest absolute Gasteiger partial charge is 0.480 e. The average molecular weight is 226 g/mol. The van der Waals surface area contributed by atoms with E-state index in [1.807, 2.05) is 4.90 Å². The molecule has 5 nitrogen and oxygen atoms in total. The van der Waals surface area contributed by atoms with Crippen LogP contribution in [-0.2, 0) is 9.59 Å². The number of nitrogens with one attached hydrogen (secondary N) is 1. The van der Waals surface area contributed by atoms with Gasteiger partial charge in [-0.2, -0.15) is 0 Å². The van der Waals surface area contributed by atoms with Crippen molar-refractivity contribution in [1.82, 2.24) is 10.2 Å². The monoisotopic (exact) mass is 226 g/mol. The normalized spacial score (nSPS) is 27.2. The maximum Gasteiger partial charge on any atom is 0.321 e. The molecule has 2 rings (SSSR count). The van der Waals surface area contributed by atoms with E-state index >= 15 is 0 Å². The molecule has 1 atom stereocenters. The summed E-state index contributed by atoms with van der Waals surface area (Å²) in [5, 5.41) is 12.1.